The summed E-state index contributed by atoms with van der Waals surface area (Å²) < 4.78 is 1.63. The molecule has 3 rings (SSSR count). The number of rotatable bonds is 5. The molecule has 7 heteroatoms. The first-order chi connectivity index (χ1) is 12.9. The second kappa shape index (κ2) is 7.26. The van der Waals surface area contributed by atoms with E-state index in [1.807, 2.05) is 19.1 Å². The van der Waals surface area contributed by atoms with Crippen LogP contribution in [-0.2, 0) is 7.05 Å². The highest BCUT2D eigenvalue weighted by Crippen LogP contribution is 2.28. The normalized spacial score (nSPS) is 11.0. The minimum atomic E-state index is -0.181. The molecule has 0 unspecified atom stereocenters. The number of aryl methyl sites for hydroxylation is 2. The van der Waals surface area contributed by atoms with Crippen LogP contribution in [0.4, 0.5) is 5.82 Å². The molecular weight excluding hydrogens is 342 g/mol. The van der Waals surface area contributed by atoms with E-state index in [0.717, 1.165) is 41.1 Å². The van der Waals surface area contributed by atoms with Crippen molar-refractivity contribution in [3.63, 3.8) is 0 Å². The van der Waals surface area contributed by atoms with Crippen molar-refractivity contribution in [1.82, 2.24) is 20.1 Å². The Hall–Kier alpha value is -3.09. The minimum Gasteiger partial charge on any atom is -0.355 e. The molecule has 0 aliphatic carbocycles. The maximum Gasteiger partial charge on any atom is 0.258 e. The van der Waals surface area contributed by atoms with E-state index in [2.05, 4.69) is 34.3 Å². The number of fused-ring (bicyclic) bond motifs is 1. The van der Waals surface area contributed by atoms with Gasteiger partial charge < -0.3 is 14.8 Å². The number of amides is 1. The summed E-state index contributed by atoms with van der Waals surface area (Å²) in [5.41, 5.74) is 4.21. The van der Waals surface area contributed by atoms with Gasteiger partial charge in [-0.1, -0.05) is 6.07 Å². The Bertz CT molecular complexity index is 1060. The fourth-order valence-electron chi connectivity index (χ4n) is 3.39. The number of anilines is 1. The van der Waals surface area contributed by atoms with Crippen LogP contribution in [0.15, 0.2) is 29.1 Å². The fourth-order valence-corrected chi connectivity index (χ4v) is 3.39. The van der Waals surface area contributed by atoms with Crippen LogP contribution in [0.3, 0.4) is 0 Å². The van der Waals surface area contributed by atoms with Gasteiger partial charge in [-0.15, -0.1) is 0 Å². The Balaban J connectivity index is 2.25. The first kappa shape index (κ1) is 18.7. The predicted octanol–water partition coefficient (Wildman–Crippen LogP) is 2.44. The minimum absolute atomic E-state index is 0.116. The van der Waals surface area contributed by atoms with E-state index < -0.39 is 0 Å². The van der Waals surface area contributed by atoms with Gasteiger partial charge in [0.25, 0.3) is 11.5 Å². The highest BCUT2D eigenvalue weighted by Gasteiger charge is 2.19. The molecule has 2 heterocycles. The Morgan fingerprint density at radius 3 is 2.56 bits per heavy atom. The van der Waals surface area contributed by atoms with Gasteiger partial charge in [0.1, 0.15) is 5.52 Å². The molecule has 0 aliphatic heterocycles. The topological polar surface area (TPSA) is 83.0 Å². The summed E-state index contributed by atoms with van der Waals surface area (Å²) in [7, 11) is 3.35. The van der Waals surface area contributed by atoms with Crippen LogP contribution in [0.2, 0.25) is 0 Å². The van der Waals surface area contributed by atoms with E-state index in [9.17, 15) is 9.59 Å². The zero-order valence-electron chi connectivity index (χ0n) is 16.4. The SMILES string of the molecule is CCN(CC)c1n[nH]c2cc(-c3cc(C(=O)NC)ccc3C)c(=O)n(C)c12. The highest BCUT2D eigenvalue weighted by molar-refractivity contribution is 5.96. The molecule has 27 heavy (non-hydrogen) atoms. The van der Waals surface area contributed by atoms with Gasteiger partial charge in [-0.25, -0.2) is 0 Å². The fraction of sp³-hybridized carbons (Fsp3) is 0.350. The highest BCUT2D eigenvalue weighted by atomic mass is 16.1. The number of aromatic amines is 1. The number of H-pyrrole nitrogens is 1. The van der Waals surface area contributed by atoms with Crippen LogP contribution in [0.25, 0.3) is 22.2 Å². The van der Waals surface area contributed by atoms with Crippen molar-refractivity contribution in [3.05, 3.63) is 45.7 Å². The third-order valence-electron chi connectivity index (χ3n) is 4.99. The molecular formula is C20H25N5O2. The summed E-state index contributed by atoms with van der Waals surface area (Å²) in [5.74, 6) is 0.594. The smallest absolute Gasteiger partial charge is 0.258 e. The summed E-state index contributed by atoms with van der Waals surface area (Å²) in [6.07, 6.45) is 0. The Morgan fingerprint density at radius 1 is 1.22 bits per heavy atom. The maximum absolute atomic E-state index is 13.1. The van der Waals surface area contributed by atoms with Crippen molar-refractivity contribution in [3.8, 4) is 11.1 Å². The van der Waals surface area contributed by atoms with Gasteiger partial charge in [0.05, 0.1) is 5.52 Å². The van der Waals surface area contributed by atoms with Crippen molar-refractivity contribution in [2.45, 2.75) is 20.8 Å². The number of nitrogens with one attached hydrogen (secondary N) is 2. The summed E-state index contributed by atoms with van der Waals surface area (Å²) in [5, 5.41) is 10.1. The van der Waals surface area contributed by atoms with E-state index in [-0.39, 0.29) is 11.5 Å². The predicted molar refractivity (Wildman–Crippen MR) is 108 cm³/mol. The van der Waals surface area contributed by atoms with Crippen LogP contribution < -0.4 is 15.8 Å². The average Bonchev–Trinajstić information content (AvgIpc) is 3.09. The summed E-state index contributed by atoms with van der Waals surface area (Å²) in [6.45, 7) is 7.66. The second-order valence-electron chi connectivity index (χ2n) is 6.51. The van der Waals surface area contributed by atoms with Crippen LogP contribution in [0.5, 0.6) is 0 Å². The molecule has 142 valence electrons. The molecule has 0 fully saturated rings. The van der Waals surface area contributed by atoms with E-state index in [4.69, 9.17) is 0 Å². The molecule has 0 saturated carbocycles. The van der Waals surface area contributed by atoms with Crippen LogP contribution in [0, 0.1) is 6.92 Å². The first-order valence-electron chi connectivity index (χ1n) is 9.09. The molecule has 2 aromatic heterocycles. The lowest BCUT2D eigenvalue weighted by molar-refractivity contribution is 0.0963. The quantitative estimate of drug-likeness (QED) is 0.726. The molecule has 0 aliphatic rings. The third-order valence-corrected chi connectivity index (χ3v) is 4.99. The molecule has 0 atom stereocenters. The zero-order valence-corrected chi connectivity index (χ0v) is 16.4. The molecule has 0 bridgehead atoms. The van der Waals surface area contributed by atoms with Gasteiger partial charge in [0.2, 0.25) is 0 Å². The lowest BCUT2D eigenvalue weighted by Gasteiger charge is -2.19. The largest absolute Gasteiger partial charge is 0.355 e. The molecule has 2 N–H and O–H groups in total. The molecule has 1 aromatic carbocycles. The van der Waals surface area contributed by atoms with Gasteiger partial charge in [-0.05, 0) is 50.1 Å². The van der Waals surface area contributed by atoms with Crippen molar-refractivity contribution < 1.29 is 4.79 Å². The number of aromatic nitrogens is 3. The van der Waals surface area contributed by atoms with Crippen molar-refractivity contribution >= 4 is 22.8 Å². The van der Waals surface area contributed by atoms with Gasteiger partial charge in [0.15, 0.2) is 5.82 Å². The number of carbonyl (C=O) groups is 1. The van der Waals surface area contributed by atoms with Crippen molar-refractivity contribution in [1.29, 1.82) is 0 Å². The molecule has 0 spiro atoms. The number of pyridine rings is 1. The lowest BCUT2D eigenvalue weighted by Crippen LogP contribution is -2.25. The van der Waals surface area contributed by atoms with E-state index in [0.29, 0.717) is 11.1 Å². The number of benzene rings is 1. The zero-order chi connectivity index (χ0) is 19.7. The Morgan fingerprint density at radius 2 is 1.93 bits per heavy atom. The monoisotopic (exact) mass is 367 g/mol. The van der Waals surface area contributed by atoms with Gasteiger partial charge in [0, 0.05) is 38.3 Å². The third kappa shape index (κ3) is 3.09. The summed E-state index contributed by atoms with van der Waals surface area (Å²) >= 11 is 0. The van der Waals surface area contributed by atoms with Crippen molar-refractivity contribution in [2.75, 3.05) is 25.0 Å². The van der Waals surface area contributed by atoms with E-state index >= 15 is 0 Å². The summed E-state index contributed by atoms with van der Waals surface area (Å²) in [4.78, 5) is 27.2. The van der Waals surface area contributed by atoms with Crippen LogP contribution in [0.1, 0.15) is 29.8 Å². The number of carbonyl (C=O) groups excluding carboxylic acids is 1. The first-order valence-corrected chi connectivity index (χ1v) is 9.09. The average molecular weight is 367 g/mol. The number of hydrogen-bond donors (Lipinski definition) is 2. The maximum atomic E-state index is 13.1. The van der Waals surface area contributed by atoms with Gasteiger partial charge >= 0.3 is 0 Å². The lowest BCUT2D eigenvalue weighted by atomic mass is 9.98. The summed E-state index contributed by atoms with van der Waals surface area (Å²) in [6, 6.07) is 7.21. The second-order valence-corrected chi connectivity index (χ2v) is 6.51. The van der Waals surface area contributed by atoms with Crippen molar-refractivity contribution in [2.24, 2.45) is 7.05 Å². The van der Waals surface area contributed by atoms with Gasteiger partial charge in [-0.3, -0.25) is 14.7 Å². The van der Waals surface area contributed by atoms with Crippen LogP contribution in [-0.4, -0.2) is 40.8 Å². The molecule has 1 amide bonds. The molecule has 7 nitrogen and oxygen atoms in total. The number of hydrogen-bond acceptors (Lipinski definition) is 4. The Kier molecular flexibility index (Phi) is 5.03. The molecule has 0 radical (unpaired) electrons. The van der Waals surface area contributed by atoms with E-state index in [1.54, 1.807) is 30.8 Å². The van der Waals surface area contributed by atoms with Gasteiger partial charge in [-0.2, -0.15) is 5.10 Å². The number of nitrogens with zero attached hydrogens (tertiary/aromatic N) is 3. The standard InChI is InChI=1S/C20H25N5O2/c1-6-25(7-2)18-17-16(22-23-18)11-15(20(27)24(17)5)14-10-13(19(26)21-4)9-8-12(14)3/h8-11H,6-7H2,1-5H3,(H,21,26)(H,22,23). The van der Waals surface area contributed by atoms with E-state index in [1.165, 1.54) is 0 Å². The Labute approximate surface area is 158 Å². The molecule has 3 aromatic rings. The molecule has 0 saturated heterocycles. The van der Waals surface area contributed by atoms with Crippen LogP contribution >= 0.6 is 0 Å².